The SMILES string of the molecule is CCn1cc(C(NN)C2C(C)OC(C)C2C)cn1. The molecule has 1 aliphatic rings. The summed E-state index contributed by atoms with van der Waals surface area (Å²) in [6, 6.07) is 0.0975. The predicted octanol–water partition coefficient (Wildman–Crippen LogP) is 1.47. The molecule has 0 radical (unpaired) electrons. The molecule has 0 saturated carbocycles. The molecule has 1 saturated heterocycles. The maximum Gasteiger partial charge on any atom is 0.0601 e. The largest absolute Gasteiger partial charge is 0.375 e. The highest BCUT2D eigenvalue weighted by Gasteiger charge is 2.42. The van der Waals surface area contributed by atoms with E-state index in [2.05, 4.69) is 44.4 Å². The van der Waals surface area contributed by atoms with E-state index in [0.717, 1.165) is 12.1 Å². The number of rotatable bonds is 4. The molecule has 5 atom stereocenters. The third-order valence-electron chi connectivity index (χ3n) is 4.22. The molecule has 18 heavy (non-hydrogen) atoms. The van der Waals surface area contributed by atoms with E-state index in [9.17, 15) is 0 Å². The average molecular weight is 252 g/mol. The first kappa shape index (κ1) is 13.5. The molecule has 1 fully saturated rings. The Bertz CT molecular complexity index is 392. The van der Waals surface area contributed by atoms with Gasteiger partial charge in [-0.25, -0.2) is 0 Å². The minimum absolute atomic E-state index is 0.0975. The summed E-state index contributed by atoms with van der Waals surface area (Å²) in [5, 5.41) is 4.32. The van der Waals surface area contributed by atoms with Gasteiger partial charge in [0, 0.05) is 24.2 Å². The van der Waals surface area contributed by atoms with Crippen molar-refractivity contribution < 1.29 is 4.74 Å². The van der Waals surface area contributed by atoms with E-state index in [-0.39, 0.29) is 18.2 Å². The maximum atomic E-state index is 5.90. The summed E-state index contributed by atoms with van der Waals surface area (Å²) in [5.41, 5.74) is 4.09. The molecular formula is C13H24N4O. The van der Waals surface area contributed by atoms with Crippen LogP contribution in [0.3, 0.4) is 0 Å². The third kappa shape index (κ3) is 2.30. The van der Waals surface area contributed by atoms with Crippen LogP contribution in [0.4, 0.5) is 0 Å². The topological polar surface area (TPSA) is 65.1 Å². The van der Waals surface area contributed by atoms with E-state index in [4.69, 9.17) is 10.6 Å². The molecule has 0 bridgehead atoms. The van der Waals surface area contributed by atoms with Gasteiger partial charge in [-0.05, 0) is 26.7 Å². The summed E-state index contributed by atoms with van der Waals surface area (Å²) in [6.07, 6.45) is 4.45. The van der Waals surface area contributed by atoms with Crippen molar-refractivity contribution in [3.8, 4) is 0 Å². The molecule has 1 aliphatic heterocycles. The highest BCUT2D eigenvalue weighted by atomic mass is 16.5. The molecule has 0 aromatic carbocycles. The zero-order valence-electron chi connectivity index (χ0n) is 11.6. The lowest BCUT2D eigenvalue weighted by molar-refractivity contribution is 0.0475. The first-order chi connectivity index (χ1) is 8.58. The summed E-state index contributed by atoms with van der Waals surface area (Å²) in [7, 11) is 0. The van der Waals surface area contributed by atoms with E-state index in [1.165, 1.54) is 0 Å². The van der Waals surface area contributed by atoms with Gasteiger partial charge < -0.3 is 4.74 Å². The Morgan fingerprint density at radius 3 is 2.61 bits per heavy atom. The molecule has 3 N–H and O–H groups in total. The third-order valence-corrected chi connectivity index (χ3v) is 4.22. The minimum atomic E-state index is 0.0975. The van der Waals surface area contributed by atoms with Crippen LogP contribution in [0, 0.1) is 11.8 Å². The van der Waals surface area contributed by atoms with Crippen LogP contribution >= 0.6 is 0 Å². The number of nitrogens with two attached hydrogens (primary N) is 1. The molecule has 1 aromatic heterocycles. The van der Waals surface area contributed by atoms with E-state index in [0.29, 0.717) is 11.8 Å². The van der Waals surface area contributed by atoms with Crippen LogP contribution in [0.1, 0.15) is 39.3 Å². The van der Waals surface area contributed by atoms with Crippen LogP contribution < -0.4 is 11.3 Å². The number of nitrogens with zero attached hydrogens (tertiary/aromatic N) is 2. The quantitative estimate of drug-likeness (QED) is 0.629. The second-order valence-corrected chi connectivity index (χ2v) is 5.26. The van der Waals surface area contributed by atoms with Crippen LogP contribution in [0.15, 0.2) is 12.4 Å². The van der Waals surface area contributed by atoms with Crippen molar-refractivity contribution in [2.75, 3.05) is 0 Å². The van der Waals surface area contributed by atoms with E-state index < -0.39 is 0 Å². The number of hydrogen-bond acceptors (Lipinski definition) is 4. The minimum Gasteiger partial charge on any atom is -0.375 e. The molecule has 5 nitrogen and oxygen atoms in total. The molecule has 5 heteroatoms. The van der Waals surface area contributed by atoms with Crippen LogP contribution in [0.2, 0.25) is 0 Å². The van der Waals surface area contributed by atoms with Crippen molar-refractivity contribution in [1.82, 2.24) is 15.2 Å². The number of nitrogens with one attached hydrogen (secondary N) is 1. The van der Waals surface area contributed by atoms with Crippen molar-refractivity contribution in [2.45, 2.75) is 52.5 Å². The molecule has 0 aliphatic carbocycles. The molecule has 2 rings (SSSR count). The zero-order valence-corrected chi connectivity index (χ0v) is 11.6. The Balaban J connectivity index is 2.22. The van der Waals surface area contributed by atoms with Gasteiger partial charge in [0.05, 0.1) is 24.4 Å². The summed E-state index contributed by atoms with van der Waals surface area (Å²) in [4.78, 5) is 0. The highest BCUT2D eigenvalue weighted by molar-refractivity contribution is 5.14. The van der Waals surface area contributed by atoms with Gasteiger partial charge in [0.25, 0.3) is 0 Å². The van der Waals surface area contributed by atoms with Crippen molar-refractivity contribution >= 4 is 0 Å². The van der Waals surface area contributed by atoms with Gasteiger partial charge in [-0.2, -0.15) is 5.10 Å². The van der Waals surface area contributed by atoms with Crippen LogP contribution in [-0.4, -0.2) is 22.0 Å². The molecule has 0 spiro atoms. The Morgan fingerprint density at radius 2 is 2.17 bits per heavy atom. The standard InChI is InChI=1S/C13H24N4O/c1-5-17-7-11(6-15-17)13(16-14)12-8(2)9(3)18-10(12)4/h6-10,12-13,16H,5,14H2,1-4H3. The number of hydrazine groups is 1. The zero-order chi connectivity index (χ0) is 13.3. The van der Waals surface area contributed by atoms with Crippen LogP contribution in [0.25, 0.3) is 0 Å². The fourth-order valence-corrected chi connectivity index (χ4v) is 3.01. The number of aryl methyl sites for hydroxylation is 1. The molecule has 1 aromatic rings. The van der Waals surface area contributed by atoms with E-state index in [1.54, 1.807) is 0 Å². The smallest absolute Gasteiger partial charge is 0.0601 e. The van der Waals surface area contributed by atoms with Crippen LogP contribution in [0.5, 0.6) is 0 Å². The van der Waals surface area contributed by atoms with Gasteiger partial charge in [-0.1, -0.05) is 6.92 Å². The fraction of sp³-hybridized carbons (Fsp3) is 0.769. The first-order valence-corrected chi connectivity index (χ1v) is 6.72. The molecule has 5 unspecified atom stereocenters. The summed E-state index contributed by atoms with van der Waals surface area (Å²) >= 11 is 0. The van der Waals surface area contributed by atoms with E-state index >= 15 is 0 Å². The Kier molecular flexibility index (Phi) is 4.04. The van der Waals surface area contributed by atoms with Crippen LogP contribution in [-0.2, 0) is 11.3 Å². The van der Waals surface area contributed by atoms with Crippen molar-refractivity contribution in [2.24, 2.45) is 17.7 Å². The van der Waals surface area contributed by atoms with Crippen molar-refractivity contribution in [3.63, 3.8) is 0 Å². The maximum absolute atomic E-state index is 5.90. The monoisotopic (exact) mass is 252 g/mol. The average Bonchev–Trinajstić information content (AvgIpc) is 2.91. The Morgan fingerprint density at radius 1 is 1.44 bits per heavy atom. The highest BCUT2D eigenvalue weighted by Crippen LogP contribution is 2.40. The summed E-state index contributed by atoms with van der Waals surface area (Å²) in [6.45, 7) is 9.44. The van der Waals surface area contributed by atoms with Gasteiger partial charge in [0.15, 0.2) is 0 Å². The normalized spacial score (nSPS) is 33.8. The van der Waals surface area contributed by atoms with Crippen molar-refractivity contribution in [3.05, 3.63) is 18.0 Å². The second kappa shape index (κ2) is 5.38. The fourth-order valence-electron chi connectivity index (χ4n) is 3.01. The first-order valence-electron chi connectivity index (χ1n) is 6.72. The summed E-state index contributed by atoms with van der Waals surface area (Å²) < 4.78 is 7.83. The van der Waals surface area contributed by atoms with Gasteiger partial charge in [-0.3, -0.25) is 16.0 Å². The molecule has 102 valence electrons. The molecular weight excluding hydrogens is 228 g/mol. The number of hydrogen-bond donors (Lipinski definition) is 2. The molecule has 2 heterocycles. The van der Waals surface area contributed by atoms with Gasteiger partial charge in [-0.15, -0.1) is 0 Å². The van der Waals surface area contributed by atoms with Gasteiger partial charge >= 0.3 is 0 Å². The van der Waals surface area contributed by atoms with Crippen molar-refractivity contribution in [1.29, 1.82) is 0 Å². The van der Waals surface area contributed by atoms with Gasteiger partial charge in [0.2, 0.25) is 0 Å². The lowest BCUT2D eigenvalue weighted by Gasteiger charge is -2.27. The Labute approximate surface area is 109 Å². The number of aromatic nitrogens is 2. The molecule has 0 amide bonds. The lowest BCUT2D eigenvalue weighted by Crippen LogP contribution is -2.38. The lowest BCUT2D eigenvalue weighted by atomic mass is 9.81. The van der Waals surface area contributed by atoms with Gasteiger partial charge in [0.1, 0.15) is 0 Å². The van der Waals surface area contributed by atoms with E-state index in [1.807, 2.05) is 10.9 Å². The Hall–Kier alpha value is -0.910. The summed E-state index contributed by atoms with van der Waals surface area (Å²) in [5.74, 6) is 6.61. The number of ether oxygens (including phenoxy) is 1. The predicted molar refractivity (Wildman–Crippen MR) is 70.6 cm³/mol. The second-order valence-electron chi connectivity index (χ2n) is 5.26.